The number of nitrogens with zero attached hydrogens (tertiary/aromatic N) is 2. The minimum Gasteiger partial charge on any atom is -0.404 e. The molecule has 0 aliphatic rings. The molecule has 0 radical (unpaired) electrons. The molecule has 0 aliphatic carbocycles. The van der Waals surface area contributed by atoms with Crippen molar-refractivity contribution in [2.45, 2.75) is 13.5 Å². The minimum absolute atomic E-state index is 0.0661. The van der Waals surface area contributed by atoms with E-state index in [0.717, 1.165) is 6.54 Å². The summed E-state index contributed by atoms with van der Waals surface area (Å²) in [7, 11) is 0. The molecule has 1 aromatic heterocycles. The van der Waals surface area contributed by atoms with Gasteiger partial charge >= 0.3 is 5.88 Å². The van der Waals surface area contributed by atoms with E-state index in [1.165, 1.54) is 6.07 Å². The number of aliphatic hydroxyl groups is 1. The second-order valence-corrected chi connectivity index (χ2v) is 3.09. The first kappa shape index (κ1) is 11.7. The van der Waals surface area contributed by atoms with Gasteiger partial charge in [0.05, 0.1) is 19.2 Å². The normalized spacial score (nSPS) is 10.9. The molecule has 1 aromatic rings. The summed E-state index contributed by atoms with van der Waals surface area (Å²) < 4.78 is 5.00. The van der Waals surface area contributed by atoms with Gasteiger partial charge in [-0.05, 0) is 12.6 Å². The van der Waals surface area contributed by atoms with E-state index in [2.05, 4.69) is 0 Å². The van der Waals surface area contributed by atoms with Crippen LogP contribution in [0.2, 0.25) is 0 Å². The van der Waals surface area contributed by atoms with Gasteiger partial charge < -0.3 is 9.52 Å². The second-order valence-electron chi connectivity index (χ2n) is 3.09. The van der Waals surface area contributed by atoms with Crippen molar-refractivity contribution in [2.75, 3.05) is 19.7 Å². The van der Waals surface area contributed by atoms with Crippen molar-refractivity contribution in [2.24, 2.45) is 0 Å². The fraction of sp³-hybridized carbons (Fsp3) is 0.556. The fourth-order valence-electron chi connectivity index (χ4n) is 1.26. The number of likely N-dealkylation sites (N-methyl/N-ethyl adjacent to an activating group) is 1. The zero-order chi connectivity index (χ0) is 11.3. The van der Waals surface area contributed by atoms with Gasteiger partial charge in [-0.2, -0.15) is 0 Å². The van der Waals surface area contributed by atoms with Gasteiger partial charge in [0.25, 0.3) is 0 Å². The van der Waals surface area contributed by atoms with Crippen molar-refractivity contribution in [3.63, 3.8) is 0 Å². The molecule has 6 heteroatoms. The standard InChI is InChI=1S/C9H14N2O4/c1-2-10(5-6-12)7-8-3-4-9(15-8)11(13)14/h3-4,12H,2,5-7H2,1H3. The van der Waals surface area contributed by atoms with Gasteiger partial charge in [0.15, 0.2) is 0 Å². The third-order valence-electron chi connectivity index (χ3n) is 2.07. The van der Waals surface area contributed by atoms with Crippen LogP contribution in [0.1, 0.15) is 12.7 Å². The summed E-state index contributed by atoms with van der Waals surface area (Å²) in [5, 5.41) is 19.1. The first-order valence-electron chi connectivity index (χ1n) is 4.73. The number of hydrogen-bond acceptors (Lipinski definition) is 5. The van der Waals surface area contributed by atoms with Crippen LogP contribution in [0.15, 0.2) is 16.5 Å². The maximum Gasteiger partial charge on any atom is 0.433 e. The molecule has 1 rings (SSSR count). The predicted molar refractivity (Wildman–Crippen MR) is 53.4 cm³/mol. The molecule has 0 spiro atoms. The van der Waals surface area contributed by atoms with E-state index in [4.69, 9.17) is 9.52 Å². The Bertz CT molecular complexity index is 324. The van der Waals surface area contributed by atoms with Gasteiger partial charge in [-0.3, -0.25) is 15.0 Å². The zero-order valence-electron chi connectivity index (χ0n) is 8.55. The molecule has 15 heavy (non-hydrogen) atoms. The lowest BCUT2D eigenvalue weighted by Gasteiger charge is -2.16. The van der Waals surface area contributed by atoms with Crippen molar-refractivity contribution in [1.29, 1.82) is 0 Å². The van der Waals surface area contributed by atoms with E-state index in [1.54, 1.807) is 6.07 Å². The number of rotatable bonds is 6. The monoisotopic (exact) mass is 214 g/mol. The Kier molecular flexibility index (Phi) is 4.26. The van der Waals surface area contributed by atoms with Crippen LogP contribution in [0.3, 0.4) is 0 Å². The van der Waals surface area contributed by atoms with Crippen molar-refractivity contribution in [1.82, 2.24) is 4.90 Å². The van der Waals surface area contributed by atoms with Crippen LogP contribution in [0.4, 0.5) is 5.88 Å². The Labute approximate surface area is 87.3 Å². The van der Waals surface area contributed by atoms with Crippen LogP contribution < -0.4 is 0 Å². The van der Waals surface area contributed by atoms with Gasteiger partial charge in [0.1, 0.15) is 10.7 Å². The van der Waals surface area contributed by atoms with E-state index >= 15 is 0 Å². The Morgan fingerprint density at radius 3 is 2.80 bits per heavy atom. The van der Waals surface area contributed by atoms with Gasteiger partial charge in [-0.15, -0.1) is 0 Å². The first-order chi connectivity index (χ1) is 7.17. The second kappa shape index (κ2) is 5.47. The fourth-order valence-corrected chi connectivity index (χ4v) is 1.26. The average Bonchev–Trinajstić information content (AvgIpc) is 2.65. The largest absolute Gasteiger partial charge is 0.433 e. The summed E-state index contributed by atoms with van der Waals surface area (Å²) >= 11 is 0. The molecule has 1 N–H and O–H groups in total. The van der Waals surface area contributed by atoms with Crippen LogP contribution in [0.25, 0.3) is 0 Å². The molecule has 1 heterocycles. The lowest BCUT2D eigenvalue weighted by Crippen LogP contribution is -2.25. The number of nitro groups is 1. The Morgan fingerprint density at radius 2 is 2.33 bits per heavy atom. The summed E-state index contributed by atoms with van der Waals surface area (Å²) in [6, 6.07) is 2.92. The van der Waals surface area contributed by atoms with Crippen LogP contribution >= 0.6 is 0 Å². The summed E-state index contributed by atoms with van der Waals surface area (Å²) in [6.45, 7) is 3.79. The molecular weight excluding hydrogens is 200 g/mol. The SMILES string of the molecule is CCN(CCO)Cc1ccc([N+](=O)[O-])o1. The van der Waals surface area contributed by atoms with Crippen molar-refractivity contribution >= 4 is 5.88 Å². The molecule has 0 aromatic carbocycles. The van der Waals surface area contributed by atoms with E-state index in [9.17, 15) is 10.1 Å². The predicted octanol–water partition coefficient (Wildman–Crippen LogP) is 1.00. The van der Waals surface area contributed by atoms with Crippen molar-refractivity contribution in [3.05, 3.63) is 28.0 Å². The molecule has 0 bridgehead atoms. The highest BCUT2D eigenvalue weighted by atomic mass is 16.6. The summed E-state index contributed by atoms with van der Waals surface area (Å²) in [5.41, 5.74) is 0. The minimum atomic E-state index is -0.564. The third-order valence-corrected chi connectivity index (χ3v) is 2.07. The average molecular weight is 214 g/mol. The quantitative estimate of drug-likeness (QED) is 0.564. The molecule has 0 aliphatic heterocycles. The van der Waals surface area contributed by atoms with E-state index < -0.39 is 4.92 Å². The molecule has 0 saturated carbocycles. The lowest BCUT2D eigenvalue weighted by molar-refractivity contribution is -0.402. The van der Waals surface area contributed by atoms with Crippen molar-refractivity contribution in [3.8, 4) is 0 Å². The smallest absolute Gasteiger partial charge is 0.404 e. The summed E-state index contributed by atoms with van der Waals surface area (Å²) in [6.07, 6.45) is 0. The number of aliphatic hydroxyl groups excluding tert-OH is 1. The van der Waals surface area contributed by atoms with Gasteiger partial charge in [0.2, 0.25) is 0 Å². The van der Waals surface area contributed by atoms with Crippen LogP contribution in [0, 0.1) is 10.1 Å². The molecule has 84 valence electrons. The van der Waals surface area contributed by atoms with E-state index in [-0.39, 0.29) is 12.5 Å². The number of hydrogen-bond donors (Lipinski definition) is 1. The first-order valence-corrected chi connectivity index (χ1v) is 4.73. The van der Waals surface area contributed by atoms with Crippen LogP contribution in [-0.4, -0.2) is 34.6 Å². The van der Waals surface area contributed by atoms with E-state index in [1.807, 2.05) is 11.8 Å². The van der Waals surface area contributed by atoms with Crippen molar-refractivity contribution < 1.29 is 14.4 Å². The van der Waals surface area contributed by atoms with Crippen LogP contribution in [-0.2, 0) is 6.54 Å². The van der Waals surface area contributed by atoms with E-state index in [0.29, 0.717) is 18.8 Å². The maximum atomic E-state index is 10.4. The highest BCUT2D eigenvalue weighted by Crippen LogP contribution is 2.16. The van der Waals surface area contributed by atoms with Crippen LogP contribution in [0.5, 0.6) is 0 Å². The molecule has 0 fully saturated rings. The molecule has 0 atom stereocenters. The highest BCUT2D eigenvalue weighted by Gasteiger charge is 2.13. The molecule has 0 saturated heterocycles. The Balaban J connectivity index is 2.59. The molecule has 0 amide bonds. The topological polar surface area (TPSA) is 79.8 Å². The number of furan rings is 1. The lowest BCUT2D eigenvalue weighted by atomic mass is 10.4. The Morgan fingerprint density at radius 1 is 1.60 bits per heavy atom. The third kappa shape index (κ3) is 3.34. The summed E-state index contributed by atoms with van der Waals surface area (Å²) in [4.78, 5) is 11.7. The summed E-state index contributed by atoms with van der Waals surface area (Å²) in [5.74, 6) is 0.294. The highest BCUT2D eigenvalue weighted by molar-refractivity contribution is 5.17. The zero-order valence-corrected chi connectivity index (χ0v) is 8.55. The Hall–Kier alpha value is -1.40. The molecular formula is C9H14N2O4. The van der Waals surface area contributed by atoms with Gasteiger partial charge in [-0.25, -0.2) is 0 Å². The van der Waals surface area contributed by atoms with Gasteiger partial charge in [-0.1, -0.05) is 6.92 Å². The molecule has 6 nitrogen and oxygen atoms in total. The maximum absolute atomic E-state index is 10.4. The molecule has 0 unspecified atom stereocenters. The van der Waals surface area contributed by atoms with Gasteiger partial charge in [0, 0.05) is 6.54 Å².